The van der Waals surface area contributed by atoms with E-state index in [1.807, 2.05) is 6.92 Å². The summed E-state index contributed by atoms with van der Waals surface area (Å²) in [4.78, 5) is 0. The first-order valence-electron chi connectivity index (χ1n) is 9.38. The fraction of sp³-hybridized carbons (Fsp3) is 0.231. The molecule has 1 heterocycles. The van der Waals surface area contributed by atoms with E-state index in [1.165, 1.54) is 22.3 Å². The Bertz CT molecular complexity index is 1110. The first kappa shape index (κ1) is 17.4. The van der Waals surface area contributed by atoms with Gasteiger partial charge in [0.2, 0.25) is 0 Å². The molecule has 0 aromatic heterocycles. The minimum atomic E-state index is -0.102. The van der Waals surface area contributed by atoms with E-state index in [4.69, 9.17) is 4.74 Å². The highest BCUT2D eigenvalue weighted by atomic mass is 16.5. The maximum Gasteiger partial charge on any atom is 0.139 e. The van der Waals surface area contributed by atoms with Crippen LogP contribution in [0.15, 0.2) is 54.6 Å². The minimum Gasteiger partial charge on any atom is -0.456 e. The molecule has 0 aliphatic carbocycles. The van der Waals surface area contributed by atoms with Crippen LogP contribution in [0.3, 0.4) is 0 Å². The molecule has 1 aliphatic rings. The van der Waals surface area contributed by atoms with Crippen LogP contribution in [0.5, 0.6) is 11.5 Å². The van der Waals surface area contributed by atoms with Crippen molar-refractivity contribution in [2.24, 2.45) is 0 Å². The molecule has 1 heteroatoms. The average Bonchev–Trinajstić information content (AvgIpc) is 2.63. The number of rotatable bonds is 1. The fourth-order valence-electron chi connectivity index (χ4n) is 3.96. The summed E-state index contributed by atoms with van der Waals surface area (Å²) in [6, 6.07) is 19.4. The molecular formula is C26H24O. The molecule has 0 fully saturated rings. The lowest BCUT2D eigenvalue weighted by molar-refractivity contribution is 0.419. The summed E-state index contributed by atoms with van der Waals surface area (Å²) in [5.41, 5.74) is 8.14. The second-order valence-corrected chi connectivity index (χ2v) is 7.81. The minimum absolute atomic E-state index is 0.102. The van der Waals surface area contributed by atoms with Crippen LogP contribution in [0.4, 0.5) is 0 Å². The molecule has 27 heavy (non-hydrogen) atoms. The van der Waals surface area contributed by atoms with Crippen molar-refractivity contribution in [1.82, 2.24) is 0 Å². The fourth-order valence-corrected chi connectivity index (χ4v) is 3.96. The third-order valence-electron chi connectivity index (χ3n) is 5.51. The molecule has 0 bridgehead atoms. The first-order chi connectivity index (χ1) is 12.9. The second-order valence-electron chi connectivity index (χ2n) is 7.81. The summed E-state index contributed by atoms with van der Waals surface area (Å²) in [5, 5.41) is 0. The van der Waals surface area contributed by atoms with Gasteiger partial charge in [-0.1, -0.05) is 62.2 Å². The molecular weight excluding hydrogens is 328 g/mol. The normalized spacial score (nSPS) is 13.7. The Morgan fingerprint density at radius 3 is 2.44 bits per heavy atom. The highest BCUT2D eigenvalue weighted by Crippen LogP contribution is 2.51. The number of benzene rings is 3. The first-order valence-corrected chi connectivity index (χ1v) is 9.38. The van der Waals surface area contributed by atoms with Crippen LogP contribution in [0, 0.1) is 25.7 Å². The number of para-hydroxylation sites is 1. The van der Waals surface area contributed by atoms with Gasteiger partial charge < -0.3 is 4.74 Å². The SMILES string of the molecule is CC#Cc1ccc(-c2cccc3c2Oc2cc(C)ccc2C3(C)C)cc1C. The van der Waals surface area contributed by atoms with Gasteiger partial charge in [-0.05, 0) is 49.6 Å². The summed E-state index contributed by atoms with van der Waals surface area (Å²) in [7, 11) is 0. The van der Waals surface area contributed by atoms with Crippen LogP contribution in [0.25, 0.3) is 11.1 Å². The molecule has 0 saturated heterocycles. The van der Waals surface area contributed by atoms with Crippen molar-refractivity contribution in [3.8, 4) is 34.5 Å². The van der Waals surface area contributed by atoms with Crippen LogP contribution < -0.4 is 4.74 Å². The molecule has 0 saturated carbocycles. The summed E-state index contributed by atoms with van der Waals surface area (Å²) in [5.74, 6) is 8.08. The van der Waals surface area contributed by atoms with E-state index < -0.39 is 0 Å². The molecule has 1 aliphatic heterocycles. The summed E-state index contributed by atoms with van der Waals surface area (Å²) in [6.45, 7) is 10.6. The topological polar surface area (TPSA) is 9.23 Å². The Labute approximate surface area is 162 Å². The third-order valence-corrected chi connectivity index (χ3v) is 5.51. The lowest BCUT2D eigenvalue weighted by Crippen LogP contribution is -2.24. The van der Waals surface area contributed by atoms with Crippen molar-refractivity contribution < 1.29 is 4.74 Å². The van der Waals surface area contributed by atoms with Gasteiger partial charge in [0.15, 0.2) is 0 Å². The second kappa shape index (κ2) is 6.32. The lowest BCUT2D eigenvalue weighted by Gasteiger charge is -2.35. The van der Waals surface area contributed by atoms with Gasteiger partial charge in [-0.15, -0.1) is 5.92 Å². The summed E-state index contributed by atoms with van der Waals surface area (Å²) < 4.78 is 6.47. The summed E-state index contributed by atoms with van der Waals surface area (Å²) in [6.07, 6.45) is 0. The van der Waals surface area contributed by atoms with Crippen molar-refractivity contribution in [3.63, 3.8) is 0 Å². The van der Waals surface area contributed by atoms with Crippen molar-refractivity contribution >= 4 is 0 Å². The zero-order valence-corrected chi connectivity index (χ0v) is 16.6. The molecule has 0 N–H and O–H groups in total. The van der Waals surface area contributed by atoms with Crippen molar-refractivity contribution in [2.75, 3.05) is 0 Å². The van der Waals surface area contributed by atoms with Gasteiger partial charge >= 0.3 is 0 Å². The number of ether oxygens (including phenoxy) is 1. The zero-order valence-electron chi connectivity index (χ0n) is 16.6. The van der Waals surface area contributed by atoms with Crippen molar-refractivity contribution in [3.05, 3.63) is 82.4 Å². The van der Waals surface area contributed by atoms with Crippen molar-refractivity contribution in [1.29, 1.82) is 0 Å². The molecule has 0 radical (unpaired) electrons. The van der Waals surface area contributed by atoms with Gasteiger partial charge in [0.25, 0.3) is 0 Å². The average molecular weight is 352 g/mol. The Morgan fingerprint density at radius 2 is 1.70 bits per heavy atom. The molecule has 1 nitrogen and oxygen atoms in total. The van der Waals surface area contributed by atoms with E-state index in [0.29, 0.717) is 0 Å². The van der Waals surface area contributed by atoms with Crippen LogP contribution in [0.2, 0.25) is 0 Å². The highest BCUT2D eigenvalue weighted by Gasteiger charge is 2.35. The molecule has 3 aromatic carbocycles. The maximum atomic E-state index is 6.47. The van der Waals surface area contributed by atoms with Gasteiger partial charge in [-0.25, -0.2) is 0 Å². The van der Waals surface area contributed by atoms with Gasteiger partial charge in [0.1, 0.15) is 11.5 Å². The number of aryl methyl sites for hydroxylation is 2. The maximum absolute atomic E-state index is 6.47. The monoisotopic (exact) mass is 352 g/mol. The van der Waals surface area contributed by atoms with E-state index in [9.17, 15) is 0 Å². The summed E-state index contributed by atoms with van der Waals surface area (Å²) >= 11 is 0. The molecule has 0 spiro atoms. The Balaban J connectivity index is 1.90. The largest absolute Gasteiger partial charge is 0.456 e. The molecule has 0 unspecified atom stereocenters. The number of hydrogen-bond acceptors (Lipinski definition) is 1. The Kier molecular flexibility index (Phi) is 4.08. The number of hydrogen-bond donors (Lipinski definition) is 0. The molecule has 4 rings (SSSR count). The lowest BCUT2D eigenvalue weighted by atomic mass is 9.74. The predicted octanol–water partition coefficient (Wildman–Crippen LogP) is 6.77. The van der Waals surface area contributed by atoms with E-state index in [2.05, 4.69) is 94.1 Å². The van der Waals surface area contributed by atoms with E-state index in [-0.39, 0.29) is 5.41 Å². The van der Waals surface area contributed by atoms with Crippen LogP contribution in [-0.2, 0) is 5.41 Å². The van der Waals surface area contributed by atoms with Gasteiger partial charge in [0, 0.05) is 27.7 Å². The van der Waals surface area contributed by atoms with Crippen LogP contribution >= 0.6 is 0 Å². The van der Waals surface area contributed by atoms with Gasteiger partial charge in [0.05, 0.1) is 0 Å². The van der Waals surface area contributed by atoms with Crippen LogP contribution in [-0.4, -0.2) is 0 Å². The highest BCUT2D eigenvalue weighted by molar-refractivity contribution is 5.76. The standard InChI is InChI=1S/C26H24O/c1-6-8-19-12-13-20(16-18(19)3)21-9-7-10-23-25(21)27-24-15-17(2)11-14-22(24)26(23,4)5/h7,9-16H,1-5H3. The smallest absolute Gasteiger partial charge is 0.139 e. The van der Waals surface area contributed by atoms with E-state index >= 15 is 0 Å². The van der Waals surface area contributed by atoms with E-state index in [1.54, 1.807) is 0 Å². The van der Waals surface area contributed by atoms with E-state index in [0.717, 1.165) is 28.2 Å². The molecule has 0 amide bonds. The Hall–Kier alpha value is -2.98. The third kappa shape index (κ3) is 2.82. The predicted molar refractivity (Wildman–Crippen MR) is 113 cm³/mol. The number of fused-ring (bicyclic) bond motifs is 2. The molecule has 134 valence electrons. The van der Waals surface area contributed by atoms with Crippen molar-refractivity contribution in [2.45, 2.75) is 40.0 Å². The molecule has 0 atom stereocenters. The van der Waals surface area contributed by atoms with Gasteiger partial charge in [-0.2, -0.15) is 0 Å². The van der Waals surface area contributed by atoms with Crippen LogP contribution in [0.1, 0.15) is 48.6 Å². The van der Waals surface area contributed by atoms with Gasteiger partial charge in [-0.3, -0.25) is 0 Å². The Morgan fingerprint density at radius 1 is 0.889 bits per heavy atom. The zero-order chi connectivity index (χ0) is 19.2. The quantitative estimate of drug-likeness (QED) is 0.439. The molecule has 3 aromatic rings.